The maximum Gasteiger partial charge on any atom is 0.270 e. The van der Waals surface area contributed by atoms with Crippen LogP contribution in [0.15, 0.2) is 21.8 Å². The fraction of sp³-hybridized carbons (Fsp3) is 0.529. The molecule has 1 fully saturated rings. The molecule has 2 aromatic rings. The van der Waals surface area contributed by atoms with Crippen LogP contribution in [-0.2, 0) is 12.8 Å². The fourth-order valence-electron chi connectivity index (χ4n) is 3.73. The molecule has 0 unspecified atom stereocenters. The van der Waals surface area contributed by atoms with Gasteiger partial charge in [0.2, 0.25) is 0 Å². The predicted octanol–water partition coefficient (Wildman–Crippen LogP) is 2.10. The van der Waals surface area contributed by atoms with Crippen LogP contribution in [0.2, 0.25) is 0 Å². The third kappa shape index (κ3) is 3.00. The van der Waals surface area contributed by atoms with E-state index < -0.39 is 0 Å². The molecule has 1 amide bonds. The van der Waals surface area contributed by atoms with Crippen LogP contribution in [0.25, 0.3) is 0 Å². The SMILES string of the molecule is O=C(NC1CCC(n2nc3c(cc2=O)CCC3)CC1)c1cscn1. The molecule has 0 bridgehead atoms. The topological polar surface area (TPSA) is 76.9 Å². The molecule has 0 radical (unpaired) electrons. The van der Waals surface area contributed by atoms with Crippen molar-refractivity contribution in [1.82, 2.24) is 20.1 Å². The highest BCUT2D eigenvalue weighted by Crippen LogP contribution is 2.28. The highest BCUT2D eigenvalue weighted by Gasteiger charge is 2.26. The standard InChI is InChI=1S/C17H20N4O2S/c22-16-8-11-2-1-3-14(11)20-21(16)13-6-4-12(5-7-13)19-17(23)15-9-24-10-18-15/h8-10,12-13H,1-7H2,(H,19,23). The second-order valence-electron chi connectivity index (χ2n) is 6.61. The van der Waals surface area contributed by atoms with Crippen LogP contribution in [0.3, 0.4) is 0 Å². The molecule has 2 aromatic heterocycles. The minimum Gasteiger partial charge on any atom is -0.348 e. The van der Waals surface area contributed by atoms with Gasteiger partial charge in [-0.2, -0.15) is 5.10 Å². The van der Waals surface area contributed by atoms with E-state index in [9.17, 15) is 9.59 Å². The van der Waals surface area contributed by atoms with E-state index in [1.54, 1.807) is 21.6 Å². The zero-order valence-electron chi connectivity index (χ0n) is 13.4. The van der Waals surface area contributed by atoms with Crippen LogP contribution in [0, 0.1) is 0 Å². The lowest BCUT2D eigenvalue weighted by atomic mass is 9.91. The minimum atomic E-state index is -0.104. The number of hydrogen-bond donors (Lipinski definition) is 1. The Labute approximate surface area is 143 Å². The van der Waals surface area contributed by atoms with Gasteiger partial charge in [0.1, 0.15) is 5.69 Å². The molecule has 2 aliphatic carbocycles. The molecule has 24 heavy (non-hydrogen) atoms. The van der Waals surface area contributed by atoms with Gasteiger partial charge in [-0.25, -0.2) is 9.67 Å². The number of carbonyl (C=O) groups is 1. The van der Waals surface area contributed by atoms with E-state index in [0.29, 0.717) is 5.69 Å². The maximum absolute atomic E-state index is 12.3. The van der Waals surface area contributed by atoms with Crippen LogP contribution < -0.4 is 10.9 Å². The molecule has 0 saturated heterocycles. The van der Waals surface area contributed by atoms with Gasteiger partial charge >= 0.3 is 0 Å². The van der Waals surface area contributed by atoms with E-state index in [1.807, 2.05) is 0 Å². The molecule has 4 rings (SSSR count). The number of nitrogens with zero attached hydrogens (tertiary/aromatic N) is 3. The lowest BCUT2D eigenvalue weighted by Crippen LogP contribution is -2.39. The molecule has 126 valence electrons. The Morgan fingerprint density at radius 3 is 2.83 bits per heavy atom. The Morgan fingerprint density at radius 2 is 2.08 bits per heavy atom. The van der Waals surface area contributed by atoms with Gasteiger partial charge in [0.05, 0.1) is 17.2 Å². The summed E-state index contributed by atoms with van der Waals surface area (Å²) in [7, 11) is 0. The largest absolute Gasteiger partial charge is 0.348 e. The Morgan fingerprint density at radius 1 is 1.25 bits per heavy atom. The molecule has 0 atom stereocenters. The van der Waals surface area contributed by atoms with Crippen molar-refractivity contribution in [2.24, 2.45) is 0 Å². The molecule has 0 spiro atoms. The number of amides is 1. The number of hydrogen-bond acceptors (Lipinski definition) is 5. The van der Waals surface area contributed by atoms with Crippen molar-refractivity contribution in [3.63, 3.8) is 0 Å². The molecule has 0 aromatic carbocycles. The predicted molar refractivity (Wildman–Crippen MR) is 91.4 cm³/mol. The van der Waals surface area contributed by atoms with Gasteiger partial charge in [0.15, 0.2) is 0 Å². The summed E-state index contributed by atoms with van der Waals surface area (Å²) in [5.41, 5.74) is 4.39. The second kappa shape index (κ2) is 6.47. The zero-order valence-corrected chi connectivity index (χ0v) is 14.2. The highest BCUT2D eigenvalue weighted by molar-refractivity contribution is 7.07. The lowest BCUT2D eigenvalue weighted by Gasteiger charge is -2.29. The molecule has 1 saturated carbocycles. The first-order valence-electron chi connectivity index (χ1n) is 8.51. The first-order chi connectivity index (χ1) is 11.7. The summed E-state index contributed by atoms with van der Waals surface area (Å²) in [5.74, 6) is -0.104. The van der Waals surface area contributed by atoms with Crippen molar-refractivity contribution in [3.8, 4) is 0 Å². The molecule has 2 aliphatic rings. The van der Waals surface area contributed by atoms with Crippen LogP contribution in [0.5, 0.6) is 0 Å². The smallest absolute Gasteiger partial charge is 0.270 e. The van der Waals surface area contributed by atoms with E-state index >= 15 is 0 Å². The molecule has 0 aliphatic heterocycles. The molecule has 1 N–H and O–H groups in total. The Hall–Kier alpha value is -2.02. The van der Waals surface area contributed by atoms with Crippen molar-refractivity contribution in [2.45, 2.75) is 57.0 Å². The first-order valence-corrected chi connectivity index (χ1v) is 9.45. The Kier molecular flexibility index (Phi) is 4.18. The third-order valence-electron chi connectivity index (χ3n) is 5.03. The fourth-order valence-corrected chi connectivity index (χ4v) is 4.26. The summed E-state index contributed by atoms with van der Waals surface area (Å²) in [6.07, 6.45) is 6.53. The van der Waals surface area contributed by atoms with Crippen LogP contribution in [0.1, 0.15) is 59.9 Å². The minimum absolute atomic E-state index is 0.0191. The van der Waals surface area contributed by atoms with E-state index in [1.165, 1.54) is 11.3 Å². The number of nitrogens with one attached hydrogen (secondary N) is 1. The van der Waals surface area contributed by atoms with Crippen molar-refractivity contribution < 1.29 is 4.79 Å². The number of rotatable bonds is 3. The van der Waals surface area contributed by atoms with Crippen LogP contribution in [-0.4, -0.2) is 26.7 Å². The summed E-state index contributed by atoms with van der Waals surface area (Å²) in [5, 5.41) is 9.42. The quantitative estimate of drug-likeness (QED) is 0.925. The van der Waals surface area contributed by atoms with Crippen LogP contribution >= 0.6 is 11.3 Å². The third-order valence-corrected chi connectivity index (χ3v) is 5.61. The average molecular weight is 344 g/mol. The number of thiazole rings is 1. The number of aromatic nitrogens is 3. The summed E-state index contributed by atoms with van der Waals surface area (Å²) in [4.78, 5) is 28.4. The monoisotopic (exact) mass is 344 g/mol. The van der Waals surface area contributed by atoms with E-state index in [0.717, 1.165) is 56.2 Å². The number of fused-ring (bicyclic) bond motifs is 1. The molecular formula is C17H20N4O2S. The van der Waals surface area contributed by atoms with Crippen molar-refractivity contribution in [3.05, 3.63) is 44.3 Å². The van der Waals surface area contributed by atoms with E-state index in [2.05, 4.69) is 15.4 Å². The van der Waals surface area contributed by atoms with E-state index in [-0.39, 0.29) is 23.6 Å². The lowest BCUT2D eigenvalue weighted by molar-refractivity contribution is 0.0917. The molecule has 7 heteroatoms. The van der Waals surface area contributed by atoms with Gasteiger partial charge in [-0.3, -0.25) is 9.59 Å². The van der Waals surface area contributed by atoms with Crippen molar-refractivity contribution >= 4 is 17.2 Å². The summed E-state index contributed by atoms with van der Waals surface area (Å²) in [6, 6.07) is 2.07. The Balaban J connectivity index is 1.40. The highest BCUT2D eigenvalue weighted by atomic mass is 32.1. The normalized spacial score (nSPS) is 23.0. The van der Waals surface area contributed by atoms with E-state index in [4.69, 9.17) is 0 Å². The molecule has 2 heterocycles. The van der Waals surface area contributed by atoms with Crippen LogP contribution in [0.4, 0.5) is 0 Å². The number of aryl methyl sites for hydroxylation is 2. The molecular weight excluding hydrogens is 324 g/mol. The Bertz CT molecular complexity index is 791. The van der Waals surface area contributed by atoms with Gasteiger partial charge < -0.3 is 5.32 Å². The van der Waals surface area contributed by atoms with Gasteiger partial charge in [0.25, 0.3) is 11.5 Å². The summed E-state index contributed by atoms with van der Waals surface area (Å²) < 4.78 is 1.68. The first kappa shape index (κ1) is 15.5. The van der Waals surface area contributed by atoms with Gasteiger partial charge in [-0.05, 0) is 50.5 Å². The summed E-state index contributed by atoms with van der Waals surface area (Å²) in [6.45, 7) is 0. The molecule has 6 nitrogen and oxygen atoms in total. The van der Waals surface area contributed by atoms with Gasteiger partial charge in [0, 0.05) is 17.5 Å². The maximum atomic E-state index is 12.3. The second-order valence-corrected chi connectivity index (χ2v) is 7.32. The van der Waals surface area contributed by atoms with Gasteiger partial charge in [-0.15, -0.1) is 11.3 Å². The van der Waals surface area contributed by atoms with Crippen molar-refractivity contribution in [1.29, 1.82) is 0 Å². The van der Waals surface area contributed by atoms with Crippen molar-refractivity contribution in [2.75, 3.05) is 0 Å². The average Bonchev–Trinajstić information content (AvgIpc) is 3.26. The van der Waals surface area contributed by atoms with Gasteiger partial charge in [-0.1, -0.05) is 0 Å². The zero-order chi connectivity index (χ0) is 16.5. The number of carbonyl (C=O) groups excluding carboxylic acids is 1. The summed E-state index contributed by atoms with van der Waals surface area (Å²) >= 11 is 1.42.